The number of nitrogens with one attached hydrogen (secondary N) is 1. The van der Waals surface area contributed by atoms with Crippen LogP contribution in [0.3, 0.4) is 0 Å². The Bertz CT molecular complexity index is 347. The molecule has 1 rings (SSSR count). The Morgan fingerprint density at radius 3 is 2.25 bits per heavy atom. The molecule has 0 heterocycles. The van der Waals surface area contributed by atoms with Gasteiger partial charge in [0.15, 0.2) is 0 Å². The Hall–Kier alpha value is -0.860. The first-order valence-corrected chi connectivity index (χ1v) is 8.16. The second kappa shape index (κ2) is 10.9. The van der Waals surface area contributed by atoms with Crippen LogP contribution in [0.2, 0.25) is 0 Å². The monoisotopic (exact) mass is 276 g/mol. The lowest BCUT2D eigenvalue weighted by molar-refractivity contribution is 0.400. The van der Waals surface area contributed by atoms with Crippen LogP contribution in [0.15, 0.2) is 24.3 Å². The Morgan fingerprint density at radius 2 is 1.55 bits per heavy atom. The van der Waals surface area contributed by atoms with Gasteiger partial charge >= 0.3 is 0 Å². The van der Waals surface area contributed by atoms with Crippen LogP contribution in [0.25, 0.3) is 0 Å². The summed E-state index contributed by atoms with van der Waals surface area (Å²) in [4.78, 5) is 2.23. The molecule has 0 aliphatic carbocycles. The van der Waals surface area contributed by atoms with Gasteiger partial charge in [-0.1, -0.05) is 63.3 Å². The van der Waals surface area contributed by atoms with E-state index in [1.165, 1.54) is 49.7 Å². The Morgan fingerprint density at radius 1 is 0.900 bits per heavy atom. The molecule has 0 aromatic heterocycles. The average Bonchev–Trinajstić information content (AvgIpc) is 2.43. The molecule has 0 bridgehead atoms. The molecule has 0 spiro atoms. The molecule has 0 saturated carbocycles. The third-order valence-electron chi connectivity index (χ3n) is 3.63. The van der Waals surface area contributed by atoms with E-state index in [0.29, 0.717) is 0 Å². The SMILES string of the molecule is CCCCCCCCNCc1ccccc1CN(C)C. The molecule has 20 heavy (non-hydrogen) atoms. The summed E-state index contributed by atoms with van der Waals surface area (Å²) < 4.78 is 0. The third kappa shape index (κ3) is 7.66. The van der Waals surface area contributed by atoms with Crippen LogP contribution in [0.4, 0.5) is 0 Å². The highest BCUT2D eigenvalue weighted by atomic mass is 15.0. The van der Waals surface area contributed by atoms with Crippen LogP contribution in [-0.4, -0.2) is 25.5 Å². The Labute approximate surface area is 125 Å². The van der Waals surface area contributed by atoms with Gasteiger partial charge in [0.1, 0.15) is 0 Å². The minimum atomic E-state index is 0.999. The van der Waals surface area contributed by atoms with Gasteiger partial charge in [-0.3, -0.25) is 0 Å². The summed E-state index contributed by atoms with van der Waals surface area (Å²) in [5.41, 5.74) is 2.88. The van der Waals surface area contributed by atoms with E-state index in [2.05, 4.69) is 55.5 Å². The number of hydrogen-bond acceptors (Lipinski definition) is 2. The number of nitrogens with zero attached hydrogens (tertiary/aromatic N) is 1. The van der Waals surface area contributed by atoms with E-state index in [1.807, 2.05) is 0 Å². The Balaban J connectivity index is 2.18. The highest BCUT2D eigenvalue weighted by molar-refractivity contribution is 5.26. The molecule has 2 heteroatoms. The number of unbranched alkanes of at least 4 members (excludes halogenated alkanes) is 5. The van der Waals surface area contributed by atoms with Crippen molar-refractivity contribution in [2.24, 2.45) is 0 Å². The lowest BCUT2D eigenvalue weighted by Gasteiger charge is -2.14. The molecule has 114 valence electrons. The zero-order chi connectivity index (χ0) is 14.6. The van der Waals surface area contributed by atoms with Crippen LogP contribution in [0, 0.1) is 0 Å². The predicted molar refractivity (Wildman–Crippen MR) is 88.9 cm³/mol. The van der Waals surface area contributed by atoms with Crippen LogP contribution in [0.1, 0.15) is 56.6 Å². The summed E-state index contributed by atoms with van der Waals surface area (Å²) in [5, 5.41) is 3.59. The molecule has 0 unspecified atom stereocenters. The van der Waals surface area contributed by atoms with Gasteiger partial charge in [0.25, 0.3) is 0 Å². The van der Waals surface area contributed by atoms with Crippen molar-refractivity contribution in [3.05, 3.63) is 35.4 Å². The lowest BCUT2D eigenvalue weighted by Crippen LogP contribution is -2.18. The van der Waals surface area contributed by atoms with Crippen molar-refractivity contribution < 1.29 is 0 Å². The van der Waals surface area contributed by atoms with E-state index in [4.69, 9.17) is 0 Å². The van der Waals surface area contributed by atoms with Crippen LogP contribution in [0.5, 0.6) is 0 Å². The van der Waals surface area contributed by atoms with Crippen molar-refractivity contribution in [2.75, 3.05) is 20.6 Å². The molecule has 0 saturated heterocycles. The fourth-order valence-corrected chi connectivity index (χ4v) is 2.48. The van der Waals surface area contributed by atoms with Gasteiger partial charge in [-0.15, -0.1) is 0 Å². The molecule has 0 amide bonds. The summed E-state index contributed by atoms with van der Waals surface area (Å²) in [6, 6.07) is 8.76. The van der Waals surface area contributed by atoms with Gasteiger partial charge in [-0.2, -0.15) is 0 Å². The smallest absolute Gasteiger partial charge is 0.0230 e. The molecule has 0 aliphatic heterocycles. The molecule has 0 fully saturated rings. The third-order valence-corrected chi connectivity index (χ3v) is 3.63. The minimum Gasteiger partial charge on any atom is -0.313 e. The maximum Gasteiger partial charge on any atom is 0.0230 e. The first-order valence-electron chi connectivity index (χ1n) is 8.16. The topological polar surface area (TPSA) is 15.3 Å². The summed E-state index contributed by atoms with van der Waals surface area (Å²) >= 11 is 0. The first kappa shape index (κ1) is 17.2. The van der Waals surface area contributed by atoms with Crippen molar-refractivity contribution in [3.8, 4) is 0 Å². The summed E-state index contributed by atoms with van der Waals surface area (Å²) in [5.74, 6) is 0. The zero-order valence-electron chi connectivity index (χ0n) is 13.6. The standard InChI is InChI=1S/C18H32N2/c1-4-5-6-7-8-11-14-19-15-17-12-9-10-13-18(17)16-20(2)3/h9-10,12-13,19H,4-8,11,14-16H2,1-3H3. The average molecular weight is 276 g/mol. The quantitative estimate of drug-likeness (QED) is 0.609. The number of rotatable bonds is 11. The predicted octanol–water partition coefficient (Wildman–Crippen LogP) is 4.20. The van der Waals surface area contributed by atoms with Gasteiger partial charge in [0.05, 0.1) is 0 Å². The summed E-state index contributed by atoms with van der Waals surface area (Å²) in [7, 11) is 4.25. The molecule has 1 N–H and O–H groups in total. The molecule has 2 nitrogen and oxygen atoms in total. The fraction of sp³-hybridized carbons (Fsp3) is 0.667. The Kier molecular flexibility index (Phi) is 9.35. The van der Waals surface area contributed by atoms with Crippen LogP contribution in [-0.2, 0) is 13.1 Å². The fourth-order valence-electron chi connectivity index (χ4n) is 2.48. The molecule has 0 aliphatic rings. The second-order valence-electron chi connectivity index (χ2n) is 5.95. The molecular weight excluding hydrogens is 244 g/mol. The van der Waals surface area contributed by atoms with Gasteiger partial charge < -0.3 is 10.2 Å². The maximum absolute atomic E-state index is 3.59. The van der Waals surface area contributed by atoms with Gasteiger partial charge in [-0.25, -0.2) is 0 Å². The van der Waals surface area contributed by atoms with Crippen molar-refractivity contribution in [2.45, 2.75) is 58.5 Å². The van der Waals surface area contributed by atoms with E-state index in [1.54, 1.807) is 0 Å². The van der Waals surface area contributed by atoms with Crippen LogP contribution < -0.4 is 5.32 Å². The second-order valence-corrected chi connectivity index (χ2v) is 5.95. The van der Waals surface area contributed by atoms with E-state index in [0.717, 1.165) is 19.6 Å². The normalized spacial score (nSPS) is 11.2. The first-order chi connectivity index (χ1) is 9.74. The van der Waals surface area contributed by atoms with E-state index < -0.39 is 0 Å². The molecular formula is C18H32N2. The van der Waals surface area contributed by atoms with E-state index in [9.17, 15) is 0 Å². The van der Waals surface area contributed by atoms with Gasteiger partial charge in [0.2, 0.25) is 0 Å². The highest BCUT2D eigenvalue weighted by Crippen LogP contribution is 2.10. The zero-order valence-corrected chi connectivity index (χ0v) is 13.6. The summed E-state index contributed by atoms with van der Waals surface area (Å²) in [6.07, 6.45) is 8.20. The van der Waals surface area contributed by atoms with E-state index in [-0.39, 0.29) is 0 Å². The molecule has 1 aromatic carbocycles. The number of benzene rings is 1. The van der Waals surface area contributed by atoms with Crippen molar-refractivity contribution in [1.82, 2.24) is 10.2 Å². The molecule has 1 aromatic rings. The maximum atomic E-state index is 3.59. The molecule has 0 atom stereocenters. The largest absolute Gasteiger partial charge is 0.313 e. The summed E-state index contributed by atoms with van der Waals surface area (Å²) in [6.45, 7) is 5.43. The lowest BCUT2D eigenvalue weighted by atomic mass is 10.1. The van der Waals surface area contributed by atoms with Crippen molar-refractivity contribution in [1.29, 1.82) is 0 Å². The van der Waals surface area contributed by atoms with E-state index >= 15 is 0 Å². The molecule has 0 radical (unpaired) electrons. The number of hydrogen-bond donors (Lipinski definition) is 1. The van der Waals surface area contributed by atoms with Crippen LogP contribution >= 0.6 is 0 Å². The minimum absolute atomic E-state index is 0.999. The van der Waals surface area contributed by atoms with Crippen molar-refractivity contribution >= 4 is 0 Å². The van der Waals surface area contributed by atoms with Crippen molar-refractivity contribution in [3.63, 3.8) is 0 Å². The van der Waals surface area contributed by atoms with Gasteiger partial charge in [0, 0.05) is 13.1 Å². The highest BCUT2D eigenvalue weighted by Gasteiger charge is 2.02. The van der Waals surface area contributed by atoms with Gasteiger partial charge in [-0.05, 0) is 38.2 Å².